The molecule has 3 N–H and O–H groups in total. The van der Waals surface area contributed by atoms with Crippen molar-refractivity contribution >= 4 is 30.1 Å². The van der Waals surface area contributed by atoms with E-state index in [1.165, 1.54) is 37.7 Å². The monoisotopic (exact) mass is 496 g/mol. The molecule has 4 bridgehead atoms. The quantitative estimate of drug-likeness (QED) is 0.430. The molecule has 0 aromatic heterocycles. The number of fused-ring (bicyclic) bond motifs is 4. The predicted molar refractivity (Wildman–Crippen MR) is 126 cm³/mol. The molecular weight excluding hydrogens is 460 g/mol. The molecule has 4 aliphatic rings. The van der Waals surface area contributed by atoms with Crippen molar-refractivity contribution in [3.05, 3.63) is 24.3 Å². The highest BCUT2D eigenvalue weighted by atomic mass is 35.7. The van der Waals surface area contributed by atoms with Crippen LogP contribution in [0.1, 0.15) is 25.7 Å². The lowest BCUT2D eigenvalue weighted by atomic mass is 9.94. The van der Waals surface area contributed by atoms with E-state index in [0.29, 0.717) is 24.3 Å². The molecule has 0 aliphatic heterocycles. The Bertz CT molecular complexity index is 858. The summed E-state index contributed by atoms with van der Waals surface area (Å²) in [6.07, 6.45) is 14.3. The van der Waals surface area contributed by atoms with Crippen LogP contribution in [-0.2, 0) is 19.4 Å². The summed E-state index contributed by atoms with van der Waals surface area (Å²) in [5.74, 6) is 4.35. The summed E-state index contributed by atoms with van der Waals surface area (Å²) in [5.41, 5.74) is 5.59. The fourth-order valence-corrected chi connectivity index (χ4v) is 5.32. The van der Waals surface area contributed by atoms with Gasteiger partial charge in [0.15, 0.2) is 0 Å². The van der Waals surface area contributed by atoms with Crippen LogP contribution >= 0.6 is 10.7 Å². The van der Waals surface area contributed by atoms with E-state index in [0.717, 1.165) is 35.0 Å². The Hall–Kier alpha value is -0.490. The van der Waals surface area contributed by atoms with E-state index >= 15 is 0 Å². The van der Waals surface area contributed by atoms with Crippen LogP contribution in [-0.4, -0.2) is 66.7 Å². The number of nitrogens with zero attached hydrogens (tertiary/aromatic N) is 2. The second-order valence-corrected chi connectivity index (χ2v) is 13.9. The summed E-state index contributed by atoms with van der Waals surface area (Å²) >= 11 is 0. The average Bonchev–Trinajstić information content (AvgIpc) is 3.47. The minimum atomic E-state index is -3.44. The second kappa shape index (κ2) is 11.1. The number of allylic oxidation sites excluding steroid dienone is 4. The maximum absolute atomic E-state index is 11.5. The normalized spacial score (nSPS) is 32.9. The molecule has 6 unspecified atom stereocenters. The van der Waals surface area contributed by atoms with Crippen molar-refractivity contribution in [1.82, 2.24) is 13.3 Å². The van der Waals surface area contributed by atoms with Crippen molar-refractivity contribution in [1.29, 1.82) is 0 Å². The van der Waals surface area contributed by atoms with Crippen LogP contribution in [0.2, 0.25) is 0 Å². The Kier molecular flexibility index (Phi) is 9.57. The molecule has 0 amide bonds. The number of rotatable bonds is 6. The Morgan fingerprint density at radius 3 is 1.55 bits per heavy atom. The number of halogens is 1. The fourth-order valence-electron chi connectivity index (χ4n) is 4.64. The van der Waals surface area contributed by atoms with Crippen LogP contribution in [0.15, 0.2) is 24.3 Å². The lowest BCUT2D eigenvalue weighted by molar-refractivity contribution is 0.429. The van der Waals surface area contributed by atoms with Gasteiger partial charge in [0.05, 0.1) is 0 Å². The Balaban J connectivity index is 0.000000182. The third kappa shape index (κ3) is 7.80. The average molecular weight is 497 g/mol. The first-order valence-electron chi connectivity index (χ1n) is 10.7. The maximum Gasteiger partial charge on any atom is 0.299 e. The third-order valence-corrected chi connectivity index (χ3v) is 9.77. The van der Waals surface area contributed by atoms with Crippen molar-refractivity contribution < 1.29 is 16.8 Å². The number of nitrogens with two attached hydrogens (primary N) is 1. The molecule has 0 radical (unpaired) electrons. The van der Waals surface area contributed by atoms with E-state index in [4.69, 9.17) is 16.4 Å². The van der Waals surface area contributed by atoms with E-state index in [1.54, 1.807) is 14.1 Å². The van der Waals surface area contributed by atoms with Gasteiger partial charge in [-0.1, -0.05) is 24.3 Å². The van der Waals surface area contributed by atoms with Crippen LogP contribution in [0.4, 0.5) is 0 Å². The van der Waals surface area contributed by atoms with Crippen molar-refractivity contribution in [2.45, 2.75) is 25.7 Å². The van der Waals surface area contributed by atoms with Gasteiger partial charge in [0.25, 0.3) is 19.4 Å². The molecule has 2 fully saturated rings. The zero-order valence-electron chi connectivity index (χ0n) is 18.8. The minimum Gasteiger partial charge on any atom is -0.330 e. The van der Waals surface area contributed by atoms with Gasteiger partial charge in [-0.2, -0.15) is 25.4 Å². The molecule has 31 heavy (non-hydrogen) atoms. The topological polar surface area (TPSA) is 113 Å². The molecule has 0 aromatic rings. The first kappa shape index (κ1) is 26.8. The highest BCUT2D eigenvalue weighted by Gasteiger charge is 2.36. The van der Waals surface area contributed by atoms with E-state index in [2.05, 4.69) is 29.0 Å². The van der Waals surface area contributed by atoms with Crippen LogP contribution in [0, 0.1) is 35.5 Å². The molecule has 6 atom stereocenters. The first-order valence-corrected chi connectivity index (χ1v) is 14.4. The van der Waals surface area contributed by atoms with Crippen LogP contribution in [0.3, 0.4) is 0 Å². The molecule has 0 heterocycles. The Labute approximate surface area is 192 Å². The smallest absolute Gasteiger partial charge is 0.299 e. The summed E-state index contributed by atoms with van der Waals surface area (Å²) in [6.45, 7) is 1.47. The van der Waals surface area contributed by atoms with Crippen molar-refractivity contribution in [3.8, 4) is 0 Å². The van der Waals surface area contributed by atoms with Crippen molar-refractivity contribution in [2.24, 2.45) is 41.2 Å². The summed E-state index contributed by atoms with van der Waals surface area (Å²) in [6, 6.07) is 0. The standard InChI is InChI=1S/C10H18N2O2S.C8H13N.C2H6ClNO2S/c1-12(2)15(13,14)11-7-10-6-8-3-4-9(10)5-8;9-5-8-4-6-1-2-7(8)3-6;1-4(2)7(3,5)6/h3-4,8-11H,5-7H2,1-2H3;1-2,6-8H,3-5,9H2;1-2H3. The predicted octanol–water partition coefficient (Wildman–Crippen LogP) is 1.78. The van der Waals surface area contributed by atoms with Gasteiger partial charge < -0.3 is 5.73 Å². The van der Waals surface area contributed by atoms with Gasteiger partial charge >= 0.3 is 0 Å². The molecule has 180 valence electrons. The zero-order valence-corrected chi connectivity index (χ0v) is 21.2. The first-order chi connectivity index (χ1) is 14.3. The van der Waals surface area contributed by atoms with Gasteiger partial charge in [0.1, 0.15) is 0 Å². The molecule has 2 saturated carbocycles. The van der Waals surface area contributed by atoms with E-state index in [1.807, 2.05) is 0 Å². The SMILES string of the molecule is CN(C)S(=O)(=O)Cl.CN(C)S(=O)(=O)NCC1CC2C=CC1C2.NCC1CC2C=CC1C2. The summed E-state index contributed by atoms with van der Waals surface area (Å²) < 4.78 is 47.8. The van der Waals surface area contributed by atoms with E-state index < -0.39 is 19.4 Å². The zero-order chi connectivity index (χ0) is 23.4. The van der Waals surface area contributed by atoms with Gasteiger partial charge in [-0.3, -0.25) is 0 Å². The lowest BCUT2D eigenvalue weighted by Gasteiger charge is -2.20. The van der Waals surface area contributed by atoms with E-state index in [9.17, 15) is 16.8 Å². The van der Waals surface area contributed by atoms with Crippen molar-refractivity contribution in [3.63, 3.8) is 0 Å². The second-order valence-electron chi connectivity index (χ2n) is 9.18. The molecule has 4 rings (SSSR count). The molecule has 11 heteroatoms. The van der Waals surface area contributed by atoms with Gasteiger partial charge in [0.2, 0.25) is 0 Å². The molecule has 0 spiro atoms. The summed E-state index contributed by atoms with van der Waals surface area (Å²) in [5, 5.41) is 0. The van der Waals surface area contributed by atoms with Gasteiger partial charge in [-0.15, -0.1) is 0 Å². The minimum absolute atomic E-state index is 0.495. The Morgan fingerprint density at radius 1 is 0.839 bits per heavy atom. The Morgan fingerprint density at radius 2 is 1.29 bits per heavy atom. The van der Waals surface area contributed by atoms with Crippen LogP contribution < -0.4 is 10.5 Å². The summed E-state index contributed by atoms with van der Waals surface area (Å²) in [4.78, 5) is 0. The van der Waals surface area contributed by atoms with Gasteiger partial charge in [-0.25, -0.2) is 4.72 Å². The van der Waals surface area contributed by atoms with Crippen molar-refractivity contribution in [2.75, 3.05) is 41.3 Å². The van der Waals surface area contributed by atoms with Gasteiger partial charge in [0, 0.05) is 45.4 Å². The molecular formula is C20H37ClN4O4S2. The largest absolute Gasteiger partial charge is 0.330 e. The highest BCUT2D eigenvalue weighted by Crippen LogP contribution is 2.43. The molecule has 8 nitrogen and oxygen atoms in total. The molecule has 4 aliphatic carbocycles. The third-order valence-electron chi connectivity index (χ3n) is 6.58. The van der Waals surface area contributed by atoms with E-state index in [-0.39, 0.29) is 0 Å². The highest BCUT2D eigenvalue weighted by molar-refractivity contribution is 8.11. The molecule has 0 aromatic carbocycles. The van der Waals surface area contributed by atoms with Gasteiger partial charge in [-0.05, 0) is 67.7 Å². The van der Waals surface area contributed by atoms with Crippen LogP contribution in [0.25, 0.3) is 0 Å². The fraction of sp³-hybridized carbons (Fsp3) is 0.800. The number of hydrogen-bond donors (Lipinski definition) is 2. The molecule has 0 saturated heterocycles. The van der Waals surface area contributed by atoms with Crippen LogP contribution in [0.5, 0.6) is 0 Å². The summed E-state index contributed by atoms with van der Waals surface area (Å²) in [7, 11) is 3.90. The maximum atomic E-state index is 11.5. The number of nitrogens with one attached hydrogen (secondary N) is 1. The lowest BCUT2D eigenvalue weighted by Crippen LogP contribution is -2.39. The number of hydrogen-bond acceptors (Lipinski definition) is 5.